The number of rotatable bonds is 1. The summed E-state index contributed by atoms with van der Waals surface area (Å²) in [6, 6.07) is 5.50. The molecule has 0 radical (unpaired) electrons. The first kappa shape index (κ1) is 7.66. The van der Waals surface area contributed by atoms with Crippen LogP contribution in [0.2, 0.25) is 0 Å². The highest BCUT2D eigenvalue weighted by molar-refractivity contribution is 5.57. The van der Waals surface area contributed by atoms with Crippen LogP contribution >= 0.6 is 0 Å². The number of hydrogen-bond acceptors (Lipinski definition) is 2. The average molecular weight is 149 g/mol. The van der Waals surface area contributed by atoms with E-state index < -0.39 is 0 Å². The van der Waals surface area contributed by atoms with Crippen molar-refractivity contribution in [2.24, 2.45) is 4.99 Å². The minimum atomic E-state index is 0.646. The van der Waals surface area contributed by atoms with E-state index in [0.29, 0.717) is 5.69 Å². The van der Waals surface area contributed by atoms with Crippen molar-refractivity contribution in [3.8, 4) is 0 Å². The van der Waals surface area contributed by atoms with Crippen molar-refractivity contribution in [3.05, 3.63) is 23.8 Å². The Morgan fingerprint density at radius 3 is 2.91 bits per heavy atom. The van der Waals surface area contributed by atoms with Crippen LogP contribution in [0.25, 0.3) is 0 Å². The van der Waals surface area contributed by atoms with E-state index in [1.165, 1.54) is 6.08 Å². The van der Waals surface area contributed by atoms with Crippen LogP contribution in [0, 0.1) is 6.92 Å². The summed E-state index contributed by atoms with van der Waals surface area (Å²) in [5.74, 6) is 0. The molecule has 0 heterocycles. The maximum atomic E-state index is 9.93. The fraction of sp³-hybridized carbons (Fsp3) is 0.125. The molecule has 0 aliphatic heterocycles. The number of benzene rings is 1. The Hall–Kier alpha value is -1.44. The lowest BCUT2D eigenvalue weighted by Crippen LogP contribution is -2.39. The molecular formula is C8H9N2O+. The maximum absolute atomic E-state index is 9.93. The Balaban J connectivity index is 3.22. The highest BCUT2D eigenvalue weighted by Gasteiger charge is 1.97. The van der Waals surface area contributed by atoms with Gasteiger partial charge >= 0.3 is 0 Å². The number of isocyanates is 1. The first-order valence-corrected chi connectivity index (χ1v) is 3.24. The Morgan fingerprint density at radius 1 is 1.55 bits per heavy atom. The van der Waals surface area contributed by atoms with Gasteiger partial charge in [-0.05, 0) is 18.6 Å². The molecule has 3 N–H and O–H groups in total. The van der Waals surface area contributed by atoms with Crippen molar-refractivity contribution >= 4 is 17.5 Å². The summed E-state index contributed by atoms with van der Waals surface area (Å²) in [7, 11) is 0. The molecule has 11 heavy (non-hydrogen) atoms. The Kier molecular flexibility index (Phi) is 2.16. The summed E-state index contributed by atoms with van der Waals surface area (Å²) in [5, 5.41) is 0. The van der Waals surface area contributed by atoms with Crippen LogP contribution in [0.5, 0.6) is 0 Å². The molecule has 56 valence electrons. The van der Waals surface area contributed by atoms with E-state index in [-0.39, 0.29) is 0 Å². The lowest BCUT2D eigenvalue weighted by atomic mass is 10.2. The van der Waals surface area contributed by atoms with Crippen LogP contribution in [0.15, 0.2) is 23.2 Å². The van der Waals surface area contributed by atoms with E-state index in [1.807, 2.05) is 19.1 Å². The van der Waals surface area contributed by atoms with Crippen LogP contribution in [-0.4, -0.2) is 6.08 Å². The average Bonchev–Trinajstić information content (AvgIpc) is 1.98. The van der Waals surface area contributed by atoms with E-state index >= 15 is 0 Å². The summed E-state index contributed by atoms with van der Waals surface area (Å²) < 4.78 is 0. The summed E-state index contributed by atoms with van der Waals surface area (Å²) in [6.07, 6.45) is 1.50. The van der Waals surface area contributed by atoms with Crippen LogP contribution in [0.4, 0.5) is 11.4 Å². The zero-order chi connectivity index (χ0) is 8.27. The van der Waals surface area contributed by atoms with Gasteiger partial charge in [0, 0.05) is 6.07 Å². The highest BCUT2D eigenvalue weighted by Crippen LogP contribution is 2.19. The Morgan fingerprint density at radius 2 is 2.27 bits per heavy atom. The summed E-state index contributed by atoms with van der Waals surface area (Å²) >= 11 is 0. The van der Waals surface area contributed by atoms with Gasteiger partial charge in [-0.3, -0.25) is 0 Å². The van der Waals surface area contributed by atoms with Crippen LogP contribution in [0.1, 0.15) is 5.56 Å². The number of carbonyl (C=O) groups excluding carboxylic acids is 1. The van der Waals surface area contributed by atoms with Gasteiger partial charge in [0.1, 0.15) is 5.69 Å². The molecule has 1 aromatic carbocycles. The van der Waals surface area contributed by atoms with Gasteiger partial charge in [-0.2, -0.15) is 4.99 Å². The minimum Gasteiger partial charge on any atom is -0.325 e. The van der Waals surface area contributed by atoms with Crippen molar-refractivity contribution in [1.82, 2.24) is 0 Å². The third kappa shape index (κ3) is 1.74. The second kappa shape index (κ2) is 3.10. The second-order valence-electron chi connectivity index (χ2n) is 2.32. The van der Waals surface area contributed by atoms with E-state index in [4.69, 9.17) is 0 Å². The Labute approximate surface area is 64.6 Å². The van der Waals surface area contributed by atoms with Gasteiger partial charge < -0.3 is 5.73 Å². The fourth-order valence-corrected chi connectivity index (χ4v) is 0.825. The van der Waals surface area contributed by atoms with Crippen LogP contribution < -0.4 is 5.73 Å². The van der Waals surface area contributed by atoms with Gasteiger partial charge in [0.15, 0.2) is 0 Å². The molecule has 3 heteroatoms. The number of nitrogens with zero attached hydrogens (tertiary/aromatic N) is 1. The molecule has 1 aromatic rings. The van der Waals surface area contributed by atoms with Crippen molar-refractivity contribution < 1.29 is 10.5 Å². The summed E-state index contributed by atoms with van der Waals surface area (Å²) in [4.78, 5) is 13.4. The van der Waals surface area contributed by atoms with Gasteiger partial charge in [-0.15, -0.1) is 0 Å². The SMILES string of the molecule is Cc1ccc([NH3+])cc1N=C=O. The molecule has 0 spiro atoms. The highest BCUT2D eigenvalue weighted by atomic mass is 16.1. The number of aryl methyl sites for hydroxylation is 1. The normalized spacial score (nSPS) is 8.91. The molecule has 0 amide bonds. The van der Waals surface area contributed by atoms with Crippen LogP contribution in [0.3, 0.4) is 0 Å². The predicted molar refractivity (Wildman–Crippen MR) is 41.5 cm³/mol. The van der Waals surface area contributed by atoms with E-state index in [2.05, 4.69) is 10.7 Å². The molecule has 0 aromatic heterocycles. The molecule has 0 bridgehead atoms. The third-order valence-corrected chi connectivity index (χ3v) is 1.44. The molecule has 1 rings (SSSR count). The zero-order valence-electron chi connectivity index (χ0n) is 6.29. The number of quaternary nitrogens is 1. The first-order valence-electron chi connectivity index (χ1n) is 3.24. The van der Waals surface area contributed by atoms with Crippen LogP contribution in [-0.2, 0) is 4.79 Å². The van der Waals surface area contributed by atoms with Crippen molar-refractivity contribution in [2.45, 2.75) is 6.92 Å². The van der Waals surface area contributed by atoms with E-state index in [0.717, 1.165) is 11.3 Å². The van der Waals surface area contributed by atoms with Gasteiger partial charge in [0.2, 0.25) is 6.08 Å². The smallest absolute Gasteiger partial charge is 0.240 e. The topological polar surface area (TPSA) is 57.1 Å². The number of hydrogen-bond donors (Lipinski definition) is 1. The van der Waals surface area contributed by atoms with Crippen molar-refractivity contribution in [1.29, 1.82) is 0 Å². The standard InChI is InChI=1S/C8H8N2O/c1-6-2-3-7(9)4-8(6)10-5-11/h2-4H,9H2,1H3/p+1. The van der Waals surface area contributed by atoms with Gasteiger partial charge in [0.25, 0.3) is 0 Å². The van der Waals surface area contributed by atoms with Gasteiger partial charge in [-0.25, -0.2) is 4.79 Å². The molecule has 0 saturated carbocycles. The second-order valence-corrected chi connectivity index (χ2v) is 2.32. The zero-order valence-corrected chi connectivity index (χ0v) is 6.29. The third-order valence-electron chi connectivity index (χ3n) is 1.44. The molecule has 0 saturated heterocycles. The Bertz CT molecular complexity index is 314. The molecule has 0 atom stereocenters. The predicted octanol–water partition coefficient (Wildman–Crippen LogP) is 0.836. The molecule has 3 nitrogen and oxygen atoms in total. The lowest BCUT2D eigenvalue weighted by molar-refractivity contribution is -0.254. The van der Waals surface area contributed by atoms with Crippen molar-refractivity contribution in [3.63, 3.8) is 0 Å². The van der Waals surface area contributed by atoms with Gasteiger partial charge in [0.05, 0.1) is 5.69 Å². The maximum Gasteiger partial charge on any atom is 0.240 e. The monoisotopic (exact) mass is 149 g/mol. The lowest BCUT2D eigenvalue weighted by Gasteiger charge is -1.95. The van der Waals surface area contributed by atoms with E-state index in [9.17, 15) is 4.79 Å². The quantitative estimate of drug-likeness (QED) is 0.466. The number of aliphatic imine (C=N–C) groups is 1. The summed E-state index contributed by atoms with van der Waals surface area (Å²) in [5.41, 5.74) is 6.17. The molecule has 0 fully saturated rings. The molecule has 0 unspecified atom stereocenters. The molecule has 0 aliphatic carbocycles. The fourth-order valence-electron chi connectivity index (χ4n) is 0.825. The largest absolute Gasteiger partial charge is 0.325 e. The van der Waals surface area contributed by atoms with Crippen molar-refractivity contribution in [2.75, 3.05) is 0 Å². The van der Waals surface area contributed by atoms with E-state index in [1.54, 1.807) is 6.07 Å². The summed E-state index contributed by atoms with van der Waals surface area (Å²) in [6.45, 7) is 1.88. The first-order chi connectivity index (χ1) is 5.24. The minimum absolute atomic E-state index is 0.646. The molecular weight excluding hydrogens is 140 g/mol. The molecule has 0 aliphatic rings. The van der Waals surface area contributed by atoms with Gasteiger partial charge in [-0.1, -0.05) is 6.07 Å².